The van der Waals surface area contributed by atoms with E-state index in [2.05, 4.69) is 22.3 Å². The van der Waals surface area contributed by atoms with E-state index in [1.54, 1.807) is 11.0 Å². The van der Waals surface area contributed by atoms with E-state index in [1.807, 2.05) is 30.3 Å². The molecule has 2 amide bonds. The van der Waals surface area contributed by atoms with Gasteiger partial charge in [0.2, 0.25) is 5.91 Å². The van der Waals surface area contributed by atoms with E-state index in [1.165, 1.54) is 5.56 Å². The molecular weight excluding hydrogens is 366 g/mol. The molecule has 0 aromatic heterocycles. The minimum absolute atomic E-state index is 0.0844. The average molecular weight is 393 g/mol. The third-order valence-electron chi connectivity index (χ3n) is 5.57. The van der Waals surface area contributed by atoms with Crippen molar-refractivity contribution in [3.8, 4) is 0 Å². The fourth-order valence-electron chi connectivity index (χ4n) is 3.96. The molecule has 2 heterocycles. The molecule has 0 aliphatic carbocycles. The summed E-state index contributed by atoms with van der Waals surface area (Å²) in [5.41, 5.74) is 3.59. The number of rotatable bonds is 6. The zero-order chi connectivity index (χ0) is 20.1. The molecule has 2 aliphatic rings. The summed E-state index contributed by atoms with van der Waals surface area (Å²) in [6, 6.07) is 15.6. The highest BCUT2D eigenvalue weighted by molar-refractivity contribution is 6.05. The molecular formula is C23H27N3O3. The molecule has 4 rings (SSSR count). The molecule has 2 aromatic carbocycles. The predicted molar refractivity (Wildman–Crippen MR) is 112 cm³/mol. The molecule has 0 atom stereocenters. The third kappa shape index (κ3) is 4.66. The molecule has 152 valence electrons. The van der Waals surface area contributed by atoms with Gasteiger partial charge in [-0.1, -0.05) is 36.4 Å². The van der Waals surface area contributed by atoms with Crippen LogP contribution in [-0.4, -0.2) is 49.6 Å². The Balaban J connectivity index is 1.45. The van der Waals surface area contributed by atoms with Crippen LogP contribution in [0.15, 0.2) is 48.5 Å². The van der Waals surface area contributed by atoms with Gasteiger partial charge in [0.25, 0.3) is 5.91 Å². The normalized spacial score (nSPS) is 17.5. The van der Waals surface area contributed by atoms with Gasteiger partial charge in [-0.2, -0.15) is 0 Å². The molecule has 0 saturated carbocycles. The van der Waals surface area contributed by atoms with Crippen LogP contribution in [0.3, 0.4) is 0 Å². The number of nitrogens with zero attached hydrogens (tertiary/aromatic N) is 2. The Morgan fingerprint density at radius 3 is 2.45 bits per heavy atom. The van der Waals surface area contributed by atoms with Crippen LogP contribution < -0.4 is 10.2 Å². The maximum atomic E-state index is 12.9. The molecule has 29 heavy (non-hydrogen) atoms. The monoisotopic (exact) mass is 393 g/mol. The van der Waals surface area contributed by atoms with E-state index in [-0.39, 0.29) is 11.8 Å². The molecule has 2 aliphatic heterocycles. The Kier molecular flexibility index (Phi) is 6.22. The molecule has 0 bridgehead atoms. The second-order valence-corrected chi connectivity index (χ2v) is 7.51. The Bertz CT molecular complexity index is 877. The van der Waals surface area contributed by atoms with E-state index < -0.39 is 0 Å². The number of anilines is 1. The third-order valence-corrected chi connectivity index (χ3v) is 5.57. The molecule has 0 radical (unpaired) electrons. The second-order valence-electron chi connectivity index (χ2n) is 7.51. The van der Waals surface area contributed by atoms with Gasteiger partial charge < -0.3 is 15.0 Å². The zero-order valence-electron chi connectivity index (χ0n) is 16.6. The van der Waals surface area contributed by atoms with Gasteiger partial charge in [-0.05, 0) is 29.7 Å². The van der Waals surface area contributed by atoms with Crippen LogP contribution in [-0.2, 0) is 22.6 Å². The van der Waals surface area contributed by atoms with Gasteiger partial charge in [-0.25, -0.2) is 0 Å². The Labute approximate surface area is 171 Å². The fraction of sp³-hybridized carbons (Fsp3) is 0.391. The first-order valence-electron chi connectivity index (χ1n) is 10.3. The van der Waals surface area contributed by atoms with E-state index in [4.69, 9.17) is 4.74 Å². The van der Waals surface area contributed by atoms with Crippen molar-refractivity contribution >= 4 is 17.5 Å². The highest BCUT2D eigenvalue weighted by Gasteiger charge is 2.25. The summed E-state index contributed by atoms with van der Waals surface area (Å²) in [7, 11) is 0. The topological polar surface area (TPSA) is 61.9 Å². The lowest BCUT2D eigenvalue weighted by Crippen LogP contribution is -2.36. The van der Waals surface area contributed by atoms with Gasteiger partial charge in [-0.3, -0.25) is 14.5 Å². The maximum absolute atomic E-state index is 12.9. The van der Waals surface area contributed by atoms with Crippen LogP contribution in [0.1, 0.15) is 34.3 Å². The molecule has 6 nitrogen and oxygen atoms in total. The Morgan fingerprint density at radius 1 is 0.966 bits per heavy atom. The lowest BCUT2D eigenvalue weighted by atomic mass is 10.1. The highest BCUT2D eigenvalue weighted by atomic mass is 16.5. The van der Waals surface area contributed by atoms with Crippen LogP contribution in [0.2, 0.25) is 0 Å². The van der Waals surface area contributed by atoms with E-state index in [9.17, 15) is 9.59 Å². The molecule has 2 saturated heterocycles. The maximum Gasteiger partial charge on any atom is 0.253 e. The number of nitrogens with one attached hydrogen (secondary N) is 1. The SMILES string of the molecule is O=C(NCc1ccccc1CN1CCOCC1)c1ccccc1N1CCCC1=O. The van der Waals surface area contributed by atoms with Gasteiger partial charge in [0.1, 0.15) is 0 Å². The largest absolute Gasteiger partial charge is 0.379 e. The van der Waals surface area contributed by atoms with Crippen molar-refractivity contribution < 1.29 is 14.3 Å². The lowest BCUT2D eigenvalue weighted by Gasteiger charge is -2.27. The van der Waals surface area contributed by atoms with Crippen LogP contribution in [0.4, 0.5) is 5.69 Å². The van der Waals surface area contributed by atoms with E-state index >= 15 is 0 Å². The van der Waals surface area contributed by atoms with Gasteiger partial charge in [0.05, 0.1) is 24.5 Å². The number of amides is 2. The smallest absolute Gasteiger partial charge is 0.253 e. The summed E-state index contributed by atoms with van der Waals surface area (Å²) in [4.78, 5) is 29.2. The average Bonchev–Trinajstić information content (AvgIpc) is 3.19. The van der Waals surface area contributed by atoms with Crippen LogP contribution in [0, 0.1) is 0 Å². The summed E-state index contributed by atoms with van der Waals surface area (Å²) >= 11 is 0. The van der Waals surface area contributed by atoms with Crippen molar-refractivity contribution in [3.63, 3.8) is 0 Å². The Hall–Kier alpha value is -2.70. The van der Waals surface area contributed by atoms with Crippen molar-refractivity contribution in [1.29, 1.82) is 0 Å². The number of para-hydroxylation sites is 1. The fourth-order valence-corrected chi connectivity index (χ4v) is 3.96. The molecule has 6 heteroatoms. The van der Waals surface area contributed by atoms with Gasteiger partial charge >= 0.3 is 0 Å². The van der Waals surface area contributed by atoms with Gasteiger partial charge in [0.15, 0.2) is 0 Å². The molecule has 2 aromatic rings. The number of morpholine rings is 1. The minimum Gasteiger partial charge on any atom is -0.379 e. The summed E-state index contributed by atoms with van der Waals surface area (Å²) in [6.45, 7) is 5.38. The number of carbonyl (C=O) groups is 2. The number of hydrogen-bond acceptors (Lipinski definition) is 4. The molecule has 2 fully saturated rings. The van der Waals surface area contributed by atoms with E-state index in [0.717, 1.165) is 44.8 Å². The van der Waals surface area contributed by atoms with Crippen LogP contribution in [0.25, 0.3) is 0 Å². The summed E-state index contributed by atoms with van der Waals surface area (Å²) in [5, 5.41) is 3.05. The first kappa shape index (κ1) is 19.6. The summed E-state index contributed by atoms with van der Waals surface area (Å²) in [6.07, 6.45) is 1.38. The number of carbonyl (C=O) groups excluding carboxylic acids is 2. The lowest BCUT2D eigenvalue weighted by molar-refractivity contribution is -0.117. The first-order valence-corrected chi connectivity index (χ1v) is 10.3. The first-order chi connectivity index (χ1) is 14.2. The second kappa shape index (κ2) is 9.20. The number of benzene rings is 2. The predicted octanol–water partition coefficient (Wildman–Crippen LogP) is 2.58. The van der Waals surface area contributed by atoms with Crippen molar-refractivity contribution in [2.75, 3.05) is 37.7 Å². The van der Waals surface area contributed by atoms with Crippen molar-refractivity contribution in [2.24, 2.45) is 0 Å². The molecule has 0 spiro atoms. The summed E-state index contributed by atoms with van der Waals surface area (Å²) in [5.74, 6) is -0.0671. The Morgan fingerprint density at radius 2 is 1.69 bits per heavy atom. The van der Waals surface area contributed by atoms with Crippen molar-refractivity contribution in [1.82, 2.24) is 10.2 Å². The van der Waals surface area contributed by atoms with Crippen LogP contribution in [0.5, 0.6) is 0 Å². The van der Waals surface area contributed by atoms with Crippen LogP contribution >= 0.6 is 0 Å². The minimum atomic E-state index is -0.151. The molecule has 1 N–H and O–H groups in total. The van der Waals surface area contributed by atoms with Crippen molar-refractivity contribution in [2.45, 2.75) is 25.9 Å². The zero-order valence-corrected chi connectivity index (χ0v) is 16.6. The number of hydrogen-bond donors (Lipinski definition) is 1. The van der Waals surface area contributed by atoms with Gasteiger partial charge in [-0.15, -0.1) is 0 Å². The van der Waals surface area contributed by atoms with Crippen molar-refractivity contribution in [3.05, 3.63) is 65.2 Å². The highest BCUT2D eigenvalue weighted by Crippen LogP contribution is 2.25. The number of ether oxygens (including phenoxy) is 1. The summed E-state index contributed by atoms with van der Waals surface area (Å²) < 4.78 is 5.43. The standard InChI is InChI=1S/C23H27N3O3/c27-22-10-5-11-26(22)21-9-4-3-8-20(21)23(28)24-16-18-6-1-2-7-19(18)17-25-12-14-29-15-13-25/h1-4,6-9H,5,10-17H2,(H,24,28). The molecule has 0 unspecified atom stereocenters. The quantitative estimate of drug-likeness (QED) is 0.820. The van der Waals surface area contributed by atoms with Gasteiger partial charge in [0, 0.05) is 39.1 Å². The van der Waals surface area contributed by atoms with E-state index in [0.29, 0.717) is 30.8 Å².